The molecule has 7 heteroatoms. The van der Waals surface area contributed by atoms with E-state index in [4.69, 9.17) is 17.3 Å². The van der Waals surface area contributed by atoms with Gasteiger partial charge in [-0.15, -0.1) is 23.1 Å². The molecule has 0 spiro atoms. The lowest BCUT2D eigenvalue weighted by atomic mass is 9.69. The summed E-state index contributed by atoms with van der Waals surface area (Å²) in [6, 6.07) is 11.8. The molecule has 2 aromatic rings. The predicted octanol–water partition coefficient (Wildman–Crippen LogP) is 6.45. The summed E-state index contributed by atoms with van der Waals surface area (Å²) in [7, 11) is 0. The minimum atomic E-state index is -0.434. The zero-order valence-corrected chi connectivity index (χ0v) is 20.1. The van der Waals surface area contributed by atoms with E-state index < -0.39 is 5.92 Å². The van der Waals surface area contributed by atoms with Gasteiger partial charge in [0.15, 0.2) is 5.78 Å². The van der Waals surface area contributed by atoms with Crippen LogP contribution < -0.4 is 10.6 Å². The van der Waals surface area contributed by atoms with Crippen molar-refractivity contribution in [3.05, 3.63) is 68.3 Å². The van der Waals surface area contributed by atoms with Gasteiger partial charge >= 0.3 is 0 Å². The SMILES string of the molecule is CCSc1ccsc1C1C(C#N)=C(N)N(c2ccccc2Cl)C2=C1C(=O)CC(C)(C)C2. The van der Waals surface area contributed by atoms with Gasteiger partial charge in [-0.05, 0) is 41.2 Å². The van der Waals surface area contributed by atoms with Crippen molar-refractivity contribution in [3.8, 4) is 6.07 Å². The summed E-state index contributed by atoms with van der Waals surface area (Å²) in [6.45, 7) is 6.29. The van der Waals surface area contributed by atoms with Gasteiger partial charge in [-0.25, -0.2) is 0 Å². The number of halogens is 1. The summed E-state index contributed by atoms with van der Waals surface area (Å²) < 4.78 is 0. The lowest BCUT2D eigenvalue weighted by Gasteiger charge is -2.43. The fourth-order valence-electron chi connectivity index (χ4n) is 4.47. The molecule has 2 aliphatic rings. The molecular weight excluding hydrogens is 446 g/mol. The van der Waals surface area contributed by atoms with Gasteiger partial charge in [0.25, 0.3) is 0 Å². The molecule has 2 N–H and O–H groups in total. The first kappa shape index (κ1) is 22.0. The lowest BCUT2D eigenvalue weighted by molar-refractivity contribution is -0.118. The van der Waals surface area contributed by atoms with E-state index in [1.807, 2.05) is 28.5 Å². The number of carbonyl (C=O) groups excluding carboxylic acids is 1. The number of anilines is 1. The van der Waals surface area contributed by atoms with Crippen LogP contribution in [-0.2, 0) is 4.79 Å². The molecule has 2 heterocycles. The molecular formula is C24H24ClN3OS2. The number of para-hydroxylation sites is 1. The monoisotopic (exact) mass is 469 g/mol. The number of carbonyl (C=O) groups is 1. The Labute approximate surface area is 196 Å². The zero-order chi connectivity index (χ0) is 22.3. The highest BCUT2D eigenvalue weighted by Crippen LogP contribution is 2.53. The third kappa shape index (κ3) is 3.80. The molecule has 1 aliphatic carbocycles. The molecule has 0 saturated carbocycles. The minimum Gasteiger partial charge on any atom is -0.384 e. The number of nitriles is 1. The van der Waals surface area contributed by atoms with Crippen LogP contribution in [0.25, 0.3) is 0 Å². The number of ketones is 1. The Morgan fingerprint density at radius 2 is 2.06 bits per heavy atom. The van der Waals surface area contributed by atoms with Crippen LogP contribution in [0.2, 0.25) is 5.02 Å². The van der Waals surface area contributed by atoms with E-state index in [2.05, 4.69) is 32.9 Å². The average molecular weight is 470 g/mol. The third-order valence-corrected chi connectivity index (χ3v) is 8.08. The number of hydrogen-bond donors (Lipinski definition) is 1. The van der Waals surface area contributed by atoms with Gasteiger partial charge in [0, 0.05) is 27.5 Å². The van der Waals surface area contributed by atoms with Crippen molar-refractivity contribution in [1.29, 1.82) is 5.26 Å². The standard InChI is InChI=1S/C24H24ClN3OS2/c1-4-30-19-9-10-31-22(19)20-14(13-26)23(27)28(16-8-6-5-7-15(16)25)17-11-24(2,3)12-18(29)21(17)20/h5-10,20H,4,11-12,27H2,1-3H3. The second kappa shape index (κ2) is 8.38. The van der Waals surface area contributed by atoms with Gasteiger partial charge in [-0.2, -0.15) is 5.26 Å². The van der Waals surface area contributed by atoms with Gasteiger partial charge < -0.3 is 5.73 Å². The van der Waals surface area contributed by atoms with Gasteiger partial charge in [-0.3, -0.25) is 9.69 Å². The first-order valence-electron chi connectivity index (χ1n) is 10.2. The largest absolute Gasteiger partial charge is 0.384 e. The summed E-state index contributed by atoms with van der Waals surface area (Å²) in [5.74, 6) is 0.910. The highest BCUT2D eigenvalue weighted by Gasteiger charge is 2.45. The summed E-state index contributed by atoms with van der Waals surface area (Å²) in [5, 5.41) is 12.7. The number of thiophene rings is 1. The maximum Gasteiger partial charge on any atom is 0.162 e. The Bertz CT molecular complexity index is 1160. The molecule has 0 radical (unpaired) electrons. The van der Waals surface area contributed by atoms with E-state index in [1.54, 1.807) is 29.2 Å². The second-order valence-electron chi connectivity index (χ2n) is 8.51. The predicted molar refractivity (Wildman–Crippen MR) is 129 cm³/mol. The molecule has 1 aliphatic heterocycles. The smallest absolute Gasteiger partial charge is 0.162 e. The van der Waals surface area contributed by atoms with Gasteiger partial charge in [0.05, 0.1) is 28.3 Å². The zero-order valence-electron chi connectivity index (χ0n) is 17.7. The van der Waals surface area contributed by atoms with Crippen LogP contribution in [0.3, 0.4) is 0 Å². The Balaban J connectivity index is 2.01. The molecule has 160 valence electrons. The van der Waals surface area contributed by atoms with Crippen LogP contribution >= 0.6 is 34.7 Å². The number of hydrogen-bond acceptors (Lipinski definition) is 6. The Kier molecular flexibility index (Phi) is 5.95. The molecule has 4 nitrogen and oxygen atoms in total. The van der Waals surface area contributed by atoms with Crippen molar-refractivity contribution in [2.45, 2.75) is 44.4 Å². The first-order valence-corrected chi connectivity index (χ1v) is 12.4. The van der Waals surface area contributed by atoms with Crippen LogP contribution in [-0.4, -0.2) is 11.5 Å². The second-order valence-corrected chi connectivity index (χ2v) is 11.2. The number of nitrogens with zero attached hydrogens (tertiary/aromatic N) is 2. The van der Waals surface area contributed by atoms with E-state index >= 15 is 0 Å². The molecule has 0 fully saturated rings. The number of benzene rings is 1. The summed E-state index contributed by atoms with van der Waals surface area (Å²) >= 11 is 9.85. The normalized spacial score (nSPS) is 20.7. The number of Topliss-reactive ketones (excluding diaryl/α,β-unsaturated/α-hetero) is 1. The Morgan fingerprint density at radius 1 is 1.32 bits per heavy atom. The van der Waals surface area contributed by atoms with Gasteiger partial charge in [0.1, 0.15) is 5.82 Å². The molecule has 1 unspecified atom stereocenters. The Hall–Kier alpha value is -2.20. The Morgan fingerprint density at radius 3 is 2.74 bits per heavy atom. The van der Waals surface area contributed by atoms with Crippen LogP contribution in [0.5, 0.6) is 0 Å². The maximum absolute atomic E-state index is 13.6. The molecule has 4 rings (SSSR count). The number of rotatable bonds is 4. The van der Waals surface area contributed by atoms with E-state index in [0.717, 1.165) is 21.2 Å². The van der Waals surface area contributed by atoms with Crippen molar-refractivity contribution in [3.63, 3.8) is 0 Å². The fourth-order valence-corrected chi connectivity index (χ4v) is 6.74. The first-order chi connectivity index (χ1) is 14.8. The topological polar surface area (TPSA) is 70.1 Å². The van der Waals surface area contributed by atoms with Crippen LogP contribution in [0.1, 0.15) is 44.4 Å². The summed E-state index contributed by atoms with van der Waals surface area (Å²) in [4.78, 5) is 17.5. The van der Waals surface area contributed by atoms with E-state index in [1.165, 1.54) is 0 Å². The van der Waals surface area contributed by atoms with Crippen LogP contribution in [0.4, 0.5) is 5.69 Å². The van der Waals surface area contributed by atoms with Crippen molar-refractivity contribution >= 4 is 46.2 Å². The fraction of sp³-hybridized carbons (Fsp3) is 0.333. The average Bonchev–Trinajstić information content (AvgIpc) is 3.15. The van der Waals surface area contributed by atoms with Crippen molar-refractivity contribution in [2.24, 2.45) is 11.1 Å². The van der Waals surface area contributed by atoms with Gasteiger partial charge in [-0.1, -0.05) is 44.5 Å². The highest BCUT2D eigenvalue weighted by atomic mass is 35.5. The van der Waals surface area contributed by atoms with E-state index in [9.17, 15) is 10.1 Å². The number of nitrogens with two attached hydrogens (primary N) is 1. The molecule has 0 bridgehead atoms. The van der Waals surface area contributed by atoms with Gasteiger partial charge in [0.2, 0.25) is 0 Å². The lowest BCUT2D eigenvalue weighted by Crippen LogP contribution is -2.42. The van der Waals surface area contributed by atoms with Crippen LogP contribution in [0.15, 0.2) is 63.3 Å². The van der Waals surface area contributed by atoms with Crippen molar-refractivity contribution < 1.29 is 4.79 Å². The van der Waals surface area contributed by atoms with Crippen LogP contribution in [0, 0.1) is 16.7 Å². The number of thioether (sulfide) groups is 1. The summed E-state index contributed by atoms with van der Waals surface area (Å²) in [6.07, 6.45) is 1.12. The molecule has 31 heavy (non-hydrogen) atoms. The summed E-state index contributed by atoms with van der Waals surface area (Å²) in [5.41, 5.74) is 9.11. The minimum absolute atomic E-state index is 0.0782. The van der Waals surface area contributed by atoms with Crippen molar-refractivity contribution in [1.82, 2.24) is 0 Å². The molecule has 0 amide bonds. The molecule has 1 aromatic carbocycles. The van der Waals surface area contributed by atoms with Crippen molar-refractivity contribution in [2.75, 3.05) is 10.7 Å². The quantitative estimate of drug-likeness (QED) is 0.520. The third-order valence-electron chi connectivity index (χ3n) is 5.69. The van der Waals surface area contributed by atoms with E-state index in [-0.39, 0.29) is 11.2 Å². The van der Waals surface area contributed by atoms with E-state index in [0.29, 0.717) is 40.5 Å². The molecule has 1 atom stereocenters. The highest BCUT2D eigenvalue weighted by molar-refractivity contribution is 7.99. The molecule has 0 saturated heterocycles. The maximum atomic E-state index is 13.6. The number of allylic oxidation sites excluding steroid dienone is 3. The molecule has 1 aromatic heterocycles.